The second-order valence-electron chi connectivity index (χ2n) is 6.40. The molecule has 1 aliphatic carbocycles. The van der Waals surface area contributed by atoms with Gasteiger partial charge in [-0.3, -0.25) is 0 Å². The molecule has 90 valence electrons. The lowest BCUT2D eigenvalue weighted by atomic mass is 9.64. The first-order valence-corrected chi connectivity index (χ1v) is 6.58. The van der Waals surface area contributed by atoms with E-state index >= 15 is 0 Å². The van der Waals surface area contributed by atoms with Crippen molar-refractivity contribution in [3.8, 4) is 6.07 Å². The van der Waals surface area contributed by atoms with E-state index in [9.17, 15) is 5.26 Å². The number of rotatable bonds is 2. The Kier molecular flexibility index (Phi) is 3.26. The first-order valence-electron chi connectivity index (χ1n) is 6.58. The minimum Gasteiger partial charge on any atom is -0.378 e. The molecule has 0 radical (unpaired) electrons. The smallest absolute Gasteiger partial charge is 0.0690 e. The molecule has 0 spiro atoms. The van der Waals surface area contributed by atoms with Crippen LogP contribution in [0.2, 0.25) is 0 Å². The molecule has 2 nitrogen and oxygen atoms in total. The number of hydrogen-bond acceptors (Lipinski definition) is 2. The lowest BCUT2D eigenvalue weighted by Gasteiger charge is -2.40. The van der Waals surface area contributed by atoms with Crippen LogP contribution in [0.5, 0.6) is 0 Å². The molecule has 1 atom stereocenters. The van der Waals surface area contributed by atoms with E-state index in [1.807, 2.05) is 0 Å². The Morgan fingerprint density at radius 3 is 2.44 bits per heavy atom. The molecule has 0 amide bonds. The van der Waals surface area contributed by atoms with Crippen LogP contribution in [0, 0.1) is 22.2 Å². The number of ether oxygens (including phenoxy) is 1. The average Bonchev–Trinajstić information content (AvgIpc) is 2.74. The van der Waals surface area contributed by atoms with E-state index in [1.54, 1.807) is 0 Å². The summed E-state index contributed by atoms with van der Waals surface area (Å²) < 4.78 is 5.68. The van der Waals surface area contributed by atoms with Gasteiger partial charge in [0.2, 0.25) is 0 Å². The lowest BCUT2D eigenvalue weighted by Crippen LogP contribution is -2.33. The van der Waals surface area contributed by atoms with E-state index in [-0.39, 0.29) is 5.41 Å². The van der Waals surface area contributed by atoms with Gasteiger partial charge in [0.15, 0.2) is 0 Å². The Morgan fingerprint density at radius 2 is 1.94 bits per heavy atom. The zero-order valence-corrected chi connectivity index (χ0v) is 10.6. The van der Waals surface area contributed by atoms with Crippen LogP contribution >= 0.6 is 0 Å². The molecule has 1 unspecified atom stereocenters. The average molecular weight is 221 g/mol. The molecule has 1 heterocycles. The van der Waals surface area contributed by atoms with Crippen molar-refractivity contribution in [2.75, 3.05) is 6.61 Å². The van der Waals surface area contributed by atoms with Crippen LogP contribution in [0.3, 0.4) is 0 Å². The molecule has 2 aliphatic rings. The molecule has 0 bridgehead atoms. The summed E-state index contributed by atoms with van der Waals surface area (Å²) in [6.07, 6.45) is 8.18. The van der Waals surface area contributed by atoms with Crippen molar-refractivity contribution < 1.29 is 4.74 Å². The van der Waals surface area contributed by atoms with E-state index in [0.717, 1.165) is 32.3 Å². The van der Waals surface area contributed by atoms with Gasteiger partial charge in [-0.15, -0.1) is 0 Å². The SMILES string of the molecule is CC1(C)CCC(C#N)(CC2CCCO2)CC1. The maximum Gasteiger partial charge on any atom is 0.0690 e. The van der Waals surface area contributed by atoms with Gasteiger partial charge < -0.3 is 4.74 Å². The molecular weight excluding hydrogens is 198 g/mol. The summed E-state index contributed by atoms with van der Waals surface area (Å²) >= 11 is 0. The number of nitrogens with zero attached hydrogens (tertiary/aromatic N) is 1. The summed E-state index contributed by atoms with van der Waals surface area (Å²) in [6.45, 7) is 5.54. The highest BCUT2D eigenvalue weighted by atomic mass is 16.5. The maximum atomic E-state index is 9.47. The second kappa shape index (κ2) is 4.37. The van der Waals surface area contributed by atoms with Crippen LogP contribution < -0.4 is 0 Å². The van der Waals surface area contributed by atoms with Crippen LogP contribution in [0.25, 0.3) is 0 Å². The van der Waals surface area contributed by atoms with Crippen LogP contribution in [0.1, 0.15) is 58.8 Å². The first-order chi connectivity index (χ1) is 7.55. The van der Waals surface area contributed by atoms with Gasteiger partial charge >= 0.3 is 0 Å². The summed E-state index contributed by atoms with van der Waals surface area (Å²) in [7, 11) is 0. The first kappa shape index (κ1) is 11.9. The van der Waals surface area contributed by atoms with Crippen molar-refractivity contribution in [1.82, 2.24) is 0 Å². The lowest BCUT2D eigenvalue weighted by molar-refractivity contribution is 0.0482. The van der Waals surface area contributed by atoms with Crippen molar-refractivity contribution in [2.45, 2.75) is 64.9 Å². The van der Waals surface area contributed by atoms with Crippen molar-refractivity contribution in [3.05, 3.63) is 0 Å². The molecule has 2 fully saturated rings. The Labute approximate surface area is 99.0 Å². The molecule has 0 aromatic carbocycles. The second-order valence-corrected chi connectivity index (χ2v) is 6.40. The van der Waals surface area contributed by atoms with Gasteiger partial charge in [0, 0.05) is 6.61 Å². The predicted octanol–water partition coefficient (Wildman–Crippen LogP) is 3.67. The third kappa shape index (κ3) is 2.58. The molecule has 2 heteroatoms. The van der Waals surface area contributed by atoms with Crippen LogP contribution in [-0.4, -0.2) is 12.7 Å². The fourth-order valence-electron chi connectivity index (χ4n) is 3.01. The summed E-state index contributed by atoms with van der Waals surface area (Å²) in [5.74, 6) is 0. The predicted molar refractivity (Wildman–Crippen MR) is 63.9 cm³/mol. The minimum atomic E-state index is -0.0788. The van der Waals surface area contributed by atoms with Gasteiger partial charge in [-0.1, -0.05) is 13.8 Å². The summed E-state index contributed by atoms with van der Waals surface area (Å²) in [4.78, 5) is 0. The van der Waals surface area contributed by atoms with E-state index in [0.29, 0.717) is 11.5 Å². The molecular formula is C14H23NO. The van der Waals surface area contributed by atoms with Crippen molar-refractivity contribution in [3.63, 3.8) is 0 Å². The minimum absolute atomic E-state index is 0.0788. The molecule has 0 N–H and O–H groups in total. The number of nitriles is 1. The van der Waals surface area contributed by atoms with Crippen molar-refractivity contribution in [1.29, 1.82) is 5.26 Å². The molecule has 1 saturated heterocycles. The Hall–Kier alpha value is -0.550. The van der Waals surface area contributed by atoms with Crippen molar-refractivity contribution in [2.24, 2.45) is 10.8 Å². The summed E-state index contributed by atoms with van der Waals surface area (Å²) in [5.41, 5.74) is 0.363. The zero-order valence-electron chi connectivity index (χ0n) is 10.6. The zero-order chi connectivity index (χ0) is 11.6. The van der Waals surface area contributed by atoms with Crippen LogP contribution in [-0.2, 0) is 4.74 Å². The monoisotopic (exact) mass is 221 g/mol. The highest BCUT2D eigenvalue weighted by molar-refractivity contribution is 5.04. The Morgan fingerprint density at radius 1 is 1.25 bits per heavy atom. The highest BCUT2D eigenvalue weighted by Gasteiger charge is 2.40. The van der Waals surface area contributed by atoms with Gasteiger partial charge in [0.25, 0.3) is 0 Å². The molecule has 1 aliphatic heterocycles. The standard InChI is InChI=1S/C14H23NO/c1-13(2)5-7-14(11-15,8-6-13)10-12-4-3-9-16-12/h12H,3-10H2,1-2H3. The quantitative estimate of drug-likeness (QED) is 0.712. The summed E-state index contributed by atoms with van der Waals surface area (Å²) in [5, 5.41) is 9.47. The fraction of sp³-hybridized carbons (Fsp3) is 0.929. The van der Waals surface area contributed by atoms with E-state index in [2.05, 4.69) is 19.9 Å². The molecule has 0 aromatic rings. The number of hydrogen-bond donors (Lipinski definition) is 0. The maximum absolute atomic E-state index is 9.47. The van der Waals surface area contributed by atoms with Gasteiger partial charge in [-0.2, -0.15) is 5.26 Å². The molecule has 2 rings (SSSR count). The van der Waals surface area contributed by atoms with Crippen LogP contribution in [0.4, 0.5) is 0 Å². The largest absolute Gasteiger partial charge is 0.378 e. The van der Waals surface area contributed by atoms with Gasteiger partial charge in [0.1, 0.15) is 0 Å². The van der Waals surface area contributed by atoms with Gasteiger partial charge in [-0.25, -0.2) is 0 Å². The molecule has 1 saturated carbocycles. The van der Waals surface area contributed by atoms with E-state index in [1.165, 1.54) is 19.3 Å². The van der Waals surface area contributed by atoms with Gasteiger partial charge in [-0.05, 0) is 50.4 Å². The molecule has 16 heavy (non-hydrogen) atoms. The fourth-order valence-corrected chi connectivity index (χ4v) is 3.01. The summed E-state index contributed by atoms with van der Waals surface area (Å²) in [6, 6.07) is 2.60. The highest BCUT2D eigenvalue weighted by Crippen LogP contribution is 2.47. The third-order valence-electron chi connectivity index (χ3n) is 4.44. The van der Waals surface area contributed by atoms with Crippen LogP contribution in [0.15, 0.2) is 0 Å². The van der Waals surface area contributed by atoms with E-state index in [4.69, 9.17) is 4.74 Å². The Bertz CT molecular complexity index is 274. The van der Waals surface area contributed by atoms with Crippen molar-refractivity contribution >= 4 is 0 Å². The van der Waals surface area contributed by atoms with E-state index < -0.39 is 0 Å². The molecule has 0 aromatic heterocycles. The Balaban J connectivity index is 1.96. The topological polar surface area (TPSA) is 33.0 Å². The normalized spacial score (nSPS) is 32.2. The third-order valence-corrected chi connectivity index (χ3v) is 4.44. The van der Waals surface area contributed by atoms with Gasteiger partial charge in [0.05, 0.1) is 17.6 Å².